The molecule has 1 aromatic carbocycles. The molecule has 0 radical (unpaired) electrons. The Hall–Kier alpha value is -2.34. The number of anilines is 1. The zero-order valence-corrected chi connectivity index (χ0v) is 14.1. The number of hydrogen-bond donors (Lipinski definition) is 0. The highest BCUT2D eigenvalue weighted by Gasteiger charge is 2.32. The summed E-state index contributed by atoms with van der Waals surface area (Å²) >= 11 is 0. The van der Waals surface area contributed by atoms with Gasteiger partial charge in [-0.15, -0.1) is 0 Å². The molecule has 126 valence electrons. The maximum atomic E-state index is 12.4. The zero-order chi connectivity index (χ0) is 16.7. The summed E-state index contributed by atoms with van der Waals surface area (Å²) in [7, 11) is 4.00. The lowest BCUT2D eigenvalue weighted by Gasteiger charge is -2.34. The zero-order valence-electron chi connectivity index (χ0n) is 14.1. The second kappa shape index (κ2) is 5.94. The number of aromatic nitrogens is 2. The Balaban J connectivity index is 1.56. The first-order valence-electron chi connectivity index (χ1n) is 8.38. The van der Waals surface area contributed by atoms with Gasteiger partial charge in [-0.25, -0.2) is 0 Å². The summed E-state index contributed by atoms with van der Waals surface area (Å²) in [6, 6.07) is 8.12. The molecule has 0 spiro atoms. The quantitative estimate of drug-likeness (QED) is 0.617. The number of carbonyl (C=O) groups is 1. The van der Waals surface area contributed by atoms with E-state index < -0.39 is 0 Å². The van der Waals surface area contributed by atoms with E-state index in [9.17, 15) is 4.79 Å². The Morgan fingerprint density at radius 1 is 1.12 bits per heavy atom. The van der Waals surface area contributed by atoms with Crippen LogP contribution in [-0.4, -0.2) is 53.9 Å². The number of rotatable bonds is 2. The van der Waals surface area contributed by atoms with Crippen LogP contribution in [0.1, 0.15) is 17.2 Å². The molecule has 24 heavy (non-hydrogen) atoms. The van der Waals surface area contributed by atoms with Crippen LogP contribution in [0.5, 0.6) is 5.75 Å². The largest absolute Gasteiger partial charge is 0.426 e. The smallest absolute Gasteiger partial charge is 0.320 e. The molecule has 2 aliphatic rings. The van der Waals surface area contributed by atoms with Gasteiger partial charge < -0.3 is 14.5 Å². The summed E-state index contributed by atoms with van der Waals surface area (Å²) < 4.78 is 7.35. The van der Waals surface area contributed by atoms with Crippen LogP contribution in [0.2, 0.25) is 0 Å². The van der Waals surface area contributed by atoms with Crippen molar-refractivity contribution >= 4 is 11.7 Å². The van der Waals surface area contributed by atoms with Crippen LogP contribution in [0, 0.1) is 0 Å². The number of fused-ring (bicyclic) bond motifs is 1. The number of esters is 1. The Morgan fingerprint density at radius 2 is 1.92 bits per heavy atom. The molecule has 0 saturated carbocycles. The van der Waals surface area contributed by atoms with Crippen molar-refractivity contribution in [3.05, 3.63) is 41.7 Å². The van der Waals surface area contributed by atoms with Gasteiger partial charge in [-0.05, 0) is 31.2 Å². The Kier molecular flexibility index (Phi) is 3.76. The fourth-order valence-electron chi connectivity index (χ4n) is 3.40. The lowest BCUT2D eigenvalue weighted by atomic mass is 9.93. The van der Waals surface area contributed by atoms with E-state index in [0.29, 0.717) is 12.2 Å². The molecule has 0 N–H and O–H groups in total. The number of benzene rings is 1. The molecule has 0 amide bonds. The minimum absolute atomic E-state index is 0.211. The van der Waals surface area contributed by atoms with Gasteiger partial charge in [-0.1, -0.05) is 6.07 Å². The lowest BCUT2D eigenvalue weighted by Crippen LogP contribution is -2.44. The molecule has 2 aliphatic heterocycles. The van der Waals surface area contributed by atoms with Crippen LogP contribution in [0.3, 0.4) is 0 Å². The van der Waals surface area contributed by atoms with Crippen LogP contribution in [-0.2, 0) is 18.3 Å². The van der Waals surface area contributed by atoms with Gasteiger partial charge in [-0.3, -0.25) is 9.48 Å². The molecule has 0 aliphatic carbocycles. The number of ether oxygens (including phenoxy) is 1. The molecule has 1 atom stereocenters. The maximum Gasteiger partial charge on any atom is 0.320 e. The normalized spacial score (nSPS) is 21.5. The van der Waals surface area contributed by atoms with E-state index in [4.69, 9.17) is 4.74 Å². The predicted octanol–water partition coefficient (Wildman–Crippen LogP) is 1.42. The summed E-state index contributed by atoms with van der Waals surface area (Å²) in [6.45, 7) is 4.11. The fourth-order valence-corrected chi connectivity index (χ4v) is 3.40. The second-order valence-corrected chi connectivity index (χ2v) is 6.67. The van der Waals surface area contributed by atoms with Crippen molar-refractivity contribution in [1.82, 2.24) is 14.7 Å². The SMILES string of the molecule is CN1CCN(c2ccc3c(c2)OC(=O)C(c2ccn(C)n2)C3)CC1. The van der Waals surface area contributed by atoms with Crippen LogP contribution >= 0.6 is 0 Å². The highest BCUT2D eigenvalue weighted by Crippen LogP contribution is 2.35. The van der Waals surface area contributed by atoms with Gasteiger partial charge >= 0.3 is 5.97 Å². The Morgan fingerprint density at radius 3 is 2.62 bits per heavy atom. The first-order chi connectivity index (χ1) is 11.6. The molecule has 6 heteroatoms. The number of nitrogens with zero attached hydrogens (tertiary/aromatic N) is 4. The highest BCUT2D eigenvalue weighted by molar-refractivity contribution is 5.83. The van der Waals surface area contributed by atoms with E-state index in [-0.39, 0.29) is 11.9 Å². The third-order valence-electron chi connectivity index (χ3n) is 4.93. The van der Waals surface area contributed by atoms with E-state index in [1.54, 1.807) is 4.68 Å². The minimum atomic E-state index is -0.312. The molecule has 6 nitrogen and oxygen atoms in total. The number of carbonyl (C=O) groups excluding carboxylic acids is 1. The number of likely N-dealkylation sites (N-methyl/N-ethyl adjacent to an activating group) is 1. The van der Waals surface area contributed by atoms with Crippen LogP contribution in [0.25, 0.3) is 0 Å². The monoisotopic (exact) mass is 326 g/mol. The van der Waals surface area contributed by atoms with Gasteiger partial charge in [0, 0.05) is 51.2 Å². The molecule has 3 heterocycles. The lowest BCUT2D eigenvalue weighted by molar-refractivity contribution is -0.137. The van der Waals surface area contributed by atoms with Crippen molar-refractivity contribution in [3.8, 4) is 5.75 Å². The summed E-state index contributed by atoms with van der Waals surface area (Å²) in [5, 5.41) is 4.36. The third kappa shape index (κ3) is 2.78. The van der Waals surface area contributed by atoms with E-state index >= 15 is 0 Å². The van der Waals surface area contributed by atoms with Crippen LogP contribution in [0.4, 0.5) is 5.69 Å². The molecular formula is C18H22N4O2. The number of aryl methyl sites for hydroxylation is 1. The number of hydrogen-bond acceptors (Lipinski definition) is 5. The predicted molar refractivity (Wildman–Crippen MR) is 91.4 cm³/mol. The van der Waals surface area contributed by atoms with E-state index in [1.165, 1.54) is 0 Å². The molecule has 1 saturated heterocycles. The van der Waals surface area contributed by atoms with Crippen molar-refractivity contribution in [2.45, 2.75) is 12.3 Å². The first kappa shape index (κ1) is 15.2. The van der Waals surface area contributed by atoms with Crippen molar-refractivity contribution < 1.29 is 9.53 Å². The Bertz CT molecular complexity index is 762. The topological polar surface area (TPSA) is 50.6 Å². The number of piperazine rings is 1. The summed E-state index contributed by atoms with van der Waals surface area (Å²) in [5.74, 6) is 0.175. The molecule has 4 rings (SSSR count). The van der Waals surface area contributed by atoms with Crippen molar-refractivity contribution in [3.63, 3.8) is 0 Å². The molecule has 1 aromatic heterocycles. The van der Waals surface area contributed by atoms with Gasteiger partial charge in [0.2, 0.25) is 0 Å². The van der Waals surface area contributed by atoms with Crippen molar-refractivity contribution in [2.75, 3.05) is 38.1 Å². The summed E-state index contributed by atoms with van der Waals surface area (Å²) in [4.78, 5) is 17.1. The van der Waals surface area contributed by atoms with Gasteiger partial charge in [0.15, 0.2) is 0 Å². The van der Waals surface area contributed by atoms with Gasteiger partial charge in [0.1, 0.15) is 11.7 Å². The highest BCUT2D eigenvalue weighted by atomic mass is 16.5. The average Bonchev–Trinajstić information content (AvgIpc) is 3.00. The molecular weight excluding hydrogens is 304 g/mol. The van der Waals surface area contributed by atoms with E-state index in [0.717, 1.165) is 43.1 Å². The van der Waals surface area contributed by atoms with Crippen molar-refractivity contribution in [2.24, 2.45) is 7.05 Å². The van der Waals surface area contributed by atoms with Gasteiger partial charge in [0.05, 0.1) is 5.69 Å². The maximum absolute atomic E-state index is 12.4. The van der Waals surface area contributed by atoms with Crippen LogP contribution < -0.4 is 9.64 Å². The molecule has 0 bridgehead atoms. The third-order valence-corrected chi connectivity index (χ3v) is 4.93. The van der Waals surface area contributed by atoms with Crippen molar-refractivity contribution in [1.29, 1.82) is 0 Å². The molecule has 2 aromatic rings. The van der Waals surface area contributed by atoms with Crippen LogP contribution in [0.15, 0.2) is 30.5 Å². The summed E-state index contributed by atoms with van der Waals surface area (Å²) in [5.41, 5.74) is 2.98. The first-order valence-corrected chi connectivity index (χ1v) is 8.38. The van der Waals surface area contributed by atoms with E-state index in [1.807, 2.05) is 25.4 Å². The standard InChI is InChI=1S/C18H22N4O2/c1-20-7-9-22(10-8-20)14-4-3-13-11-15(16-5-6-21(2)19-16)18(23)24-17(13)12-14/h3-6,12,15H,7-11H2,1-2H3. The molecule has 1 unspecified atom stereocenters. The Labute approximate surface area is 141 Å². The second-order valence-electron chi connectivity index (χ2n) is 6.67. The van der Waals surface area contributed by atoms with Gasteiger partial charge in [-0.2, -0.15) is 5.10 Å². The minimum Gasteiger partial charge on any atom is -0.426 e. The van der Waals surface area contributed by atoms with E-state index in [2.05, 4.69) is 34.1 Å². The fraction of sp³-hybridized carbons (Fsp3) is 0.444. The average molecular weight is 326 g/mol. The van der Waals surface area contributed by atoms with Gasteiger partial charge in [0.25, 0.3) is 0 Å². The molecule has 1 fully saturated rings. The summed E-state index contributed by atoms with van der Waals surface area (Å²) in [6.07, 6.45) is 2.50.